The quantitative estimate of drug-likeness (QED) is 0.458. The lowest BCUT2D eigenvalue weighted by atomic mass is 10.1. The molecular weight excluding hydrogens is 358 g/mol. The maximum absolute atomic E-state index is 13.6. The number of hydrogen-bond donors (Lipinski definition) is 2. The van der Waals surface area contributed by atoms with E-state index >= 15 is 0 Å². The fraction of sp³-hybridized carbons (Fsp3) is 0.200. The molecule has 2 aromatic carbocycles. The molecule has 0 bridgehead atoms. The standard InChI is InChI=1S/C15H15BrF2N2S/c16-11-1-4-14(5-2-11)21-9-13(20-19)8-10-7-12(17)3-6-15(10)18/h1-7,13,20H,8-9,19H2. The zero-order valence-corrected chi connectivity index (χ0v) is 13.6. The molecule has 112 valence electrons. The van der Waals surface area contributed by atoms with Crippen LogP contribution in [0.2, 0.25) is 0 Å². The number of halogens is 3. The third-order valence-electron chi connectivity index (χ3n) is 2.97. The lowest BCUT2D eigenvalue weighted by molar-refractivity contribution is 0.538. The van der Waals surface area contributed by atoms with Gasteiger partial charge in [0.05, 0.1) is 0 Å². The maximum atomic E-state index is 13.6. The summed E-state index contributed by atoms with van der Waals surface area (Å²) in [5.41, 5.74) is 2.99. The van der Waals surface area contributed by atoms with Gasteiger partial charge in [0, 0.05) is 21.2 Å². The van der Waals surface area contributed by atoms with E-state index in [4.69, 9.17) is 5.84 Å². The molecule has 21 heavy (non-hydrogen) atoms. The van der Waals surface area contributed by atoms with Gasteiger partial charge in [-0.1, -0.05) is 15.9 Å². The van der Waals surface area contributed by atoms with E-state index in [1.165, 1.54) is 6.07 Å². The normalized spacial score (nSPS) is 12.4. The molecule has 0 heterocycles. The number of thioether (sulfide) groups is 1. The van der Waals surface area contributed by atoms with E-state index in [0.717, 1.165) is 21.5 Å². The Morgan fingerprint density at radius 3 is 2.52 bits per heavy atom. The number of rotatable bonds is 6. The van der Waals surface area contributed by atoms with Crippen LogP contribution in [-0.4, -0.2) is 11.8 Å². The molecule has 0 saturated carbocycles. The molecule has 1 atom stereocenters. The molecule has 0 amide bonds. The lowest BCUT2D eigenvalue weighted by Gasteiger charge is -2.16. The van der Waals surface area contributed by atoms with Gasteiger partial charge in [-0.2, -0.15) is 0 Å². The van der Waals surface area contributed by atoms with Crippen LogP contribution in [0, 0.1) is 11.6 Å². The minimum atomic E-state index is -0.442. The van der Waals surface area contributed by atoms with E-state index in [1.54, 1.807) is 11.8 Å². The van der Waals surface area contributed by atoms with Crippen molar-refractivity contribution in [3.05, 3.63) is 64.1 Å². The van der Waals surface area contributed by atoms with E-state index in [0.29, 0.717) is 17.7 Å². The van der Waals surface area contributed by atoms with E-state index in [9.17, 15) is 8.78 Å². The van der Waals surface area contributed by atoms with Crippen molar-refractivity contribution in [1.82, 2.24) is 5.43 Å². The zero-order chi connectivity index (χ0) is 15.2. The fourth-order valence-corrected chi connectivity index (χ4v) is 3.06. The Hall–Kier alpha value is -0.950. The molecule has 0 spiro atoms. The van der Waals surface area contributed by atoms with Crippen molar-refractivity contribution in [1.29, 1.82) is 0 Å². The van der Waals surface area contributed by atoms with Gasteiger partial charge in [0.15, 0.2) is 0 Å². The van der Waals surface area contributed by atoms with Gasteiger partial charge in [0.2, 0.25) is 0 Å². The highest BCUT2D eigenvalue weighted by molar-refractivity contribution is 9.10. The Morgan fingerprint density at radius 1 is 1.14 bits per heavy atom. The van der Waals surface area contributed by atoms with Gasteiger partial charge >= 0.3 is 0 Å². The van der Waals surface area contributed by atoms with Crippen LogP contribution in [0.15, 0.2) is 51.8 Å². The van der Waals surface area contributed by atoms with E-state index in [-0.39, 0.29) is 6.04 Å². The average Bonchev–Trinajstić information content (AvgIpc) is 2.48. The minimum absolute atomic E-state index is 0.144. The predicted octanol–water partition coefficient (Wildman–Crippen LogP) is 3.89. The van der Waals surface area contributed by atoms with Gasteiger partial charge in [-0.15, -0.1) is 11.8 Å². The molecule has 0 fully saturated rings. The van der Waals surface area contributed by atoms with Crippen molar-refractivity contribution in [2.45, 2.75) is 17.4 Å². The van der Waals surface area contributed by atoms with Crippen LogP contribution in [0.5, 0.6) is 0 Å². The first-order chi connectivity index (χ1) is 10.1. The highest BCUT2D eigenvalue weighted by atomic mass is 79.9. The maximum Gasteiger partial charge on any atom is 0.126 e. The number of nitrogens with two attached hydrogens (primary N) is 1. The molecule has 1 unspecified atom stereocenters. The first-order valence-electron chi connectivity index (χ1n) is 6.37. The van der Waals surface area contributed by atoms with Gasteiger partial charge in [-0.3, -0.25) is 11.3 Å². The Morgan fingerprint density at radius 2 is 1.86 bits per heavy atom. The van der Waals surface area contributed by atoms with Crippen molar-refractivity contribution in [2.75, 3.05) is 5.75 Å². The molecule has 6 heteroatoms. The van der Waals surface area contributed by atoms with Crippen LogP contribution in [0.25, 0.3) is 0 Å². The molecule has 0 aliphatic rings. The first kappa shape index (κ1) is 16.4. The van der Waals surface area contributed by atoms with Gasteiger partial charge < -0.3 is 0 Å². The van der Waals surface area contributed by atoms with Crippen LogP contribution in [-0.2, 0) is 6.42 Å². The average molecular weight is 373 g/mol. The third kappa shape index (κ3) is 5.07. The SMILES string of the molecule is NNC(CSc1ccc(Br)cc1)Cc1cc(F)ccc1F. The molecule has 0 aromatic heterocycles. The Kier molecular flexibility index (Phi) is 6.17. The molecule has 2 aromatic rings. The van der Waals surface area contributed by atoms with Gasteiger partial charge in [0.25, 0.3) is 0 Å². The Bertz CT molecular complexity index is 593. The van der Waals surface area contributed by atoms with Crippen molar-refractivity contribution in [3.8, 4) is 0 Å². The lowest BCUT2D eigenvalue weighted by Crippen LogP contribution is -2.38. The Balaban J connectivity index is 1.96. The topological polar surface area (TPSA) is 38.0 Å². The summed E-state index contributed by atoms with van der Waals surface area (Å²) in [7, 11) is 0. The van der Waals surface area contributed by atoms with Crippen LogP contribution in [0.4, 0.5) is 8.78 Å². The summed E-state index contributed by atoms with van der Waals surface area (Å²) in [6.07, 6.45) is 0.337. The first-order valence-corrected chi connectivity index (χ1v) is 8.15. The van der Waals surface area contributed by atoms with E-state index in [2.05, 4.69) is 21.4 Å². The number of nitrogens with one attached hydrogen (secondary N) is 1. The van der Waals surface area contributed by atoms with E-state index < -0.39 is 11.6 Å². The molecular formula is C15H15BrF2N2S. The second-order valence-corrected chi connectivity index (χ2v) is 6.58. The molecule has 0 saturated heterocycles. The summed E-state index contributed by atoms with van der Waals surface area (Å²) in [6.45, 7) is 0. The molecule has 0 radical (unpaired) electrons. The van der Waals surface area contributed by atoms with Gasteiger partial charge in [-0.05, 0) is 54.4 Å². The summed E-state index contributed by atoms with van der Waals surface area (Å²) in [6, 6.07) is 11.2. The Labute approximate surface area is 135 Å². The highest BCUT2D eigenvalue weighted by Crippen LogP contribution is 2.22. The molecule has 3 N–H and O–H groups in total. The number of hydrogen-bond acceptors (Lipinski definition) is 3. The van der Waals surface area contributed by atoms with Gasteiger partial charge in [-0.25, -0.2) is 8.78 Å². The molecule has 0 aliphatic heterocycles. The summed E-state index contributed by atoms with van der Waals surface area (Å²) in [4.78, 5) is 1.10. The second-order valence-electron chi connectivity index (χ2n) is 4.57. The fourth-order valence-electron chi connectivity index (χ4n) is 1.86. The van der Waals surface area contributed by atoms with Crippen molar-refractivity contribution < 1.29 is 8.78 Å². The summed E-state index contributed by atoms with van der Waals surface area (Å²) < 4.78 is 27.8. The predicted molar refractivity (Wildman–Crippen MR) is 86.0 cm³/mol. The third-order valence-corrected chi connectivity index (χ3v) is 4.68. The zero-order valence-electron chi connectivity index (χ0n) is 11.2. The summed E-state index contributed by atoms with van der Waals surface area (Å²) in [5, 5.41) is 0. The number of hydrazine groups is 1. The van der Waals surface area contributed by atoms with Gasteiger partial charge in [0.1, 0.15) is 11.6 Å². The van der Waals surface area contributed by atoms with Crippen molar-refractivity contribution in [2.24, 2.45) is 5.84 Å². The second kappa shape index (κ2) is 7.89. The largest absolute Gasteiger partial charge is 0.271 e. The monoisotopic (exact) mass is 372 g/mol. The number of benzene rings is 2. The summed E-state index contributed by atoms with van der Waals surface area (Å²) >= 11 is 4.99. The molecule has 2 rings (SSSR count). The van der Waals surface area contributed by atoms with Crippen molar-refractivity contribution >= 4 is 27.7 Å². The van der Waals surface area contributed by atoms with Crippen molar-refractivity contribution in [3.63, 3.8) is 0 Å². The molecule has 2 nitrogen and oxygen atoms in total. The molecule has 0 aliphatic carbocycles. The minimum Gasteiger partial charge on any atom is -0.271 e. The van der Waals surface area contributed by atoms with E-state index in [1.807, 2.05) is 24.3 Å². The van der Waals surface area contributed by atoms with Crippen LogP contribution in [0.1, 0.15) is 5.56 Å². The van der Waals surface area contributed by atoms with Crippen LogP contribution < -0.4 is 11.3 Å². The summed E-state index contributed by atoms with van der Waals surface area (Å²) in [5.74, 6) is 5.32. The highest BCUT2D eigenvalue weighted by Gasteiger charge is 2.12. The smallest absolute Gasteiger partial charge is 0.126 e. The van der Waals surface area contributed by atoms with Crippen LogP contribution >= 0.6 is 27.7 Å². The van der Waals surface area contributed by atoms with Crippen LogP contribution in [0.3, 0.4) is 0 Å².